The summed E-state index contributed by atoms with van der Waals surface area (Å²) in [6.07, 6.45) is 0. The summed E-state index contributed by atoms with van der Waals surface area (Å²) in [4.78, 5) is 7.57. The molecule has 82 heavy (non-hydrogen) atoms. The molecular formula is C77H74IN3S. The van der Waals surface area contributed by atoms with Gasteiger partial charge in [0.2, 0.25) is 0 Å². The Bertz CT molecular complexity index is 4220. The fraction of sp³-hybridized carbons (Fsp3) is 0.221. The molecule has 12 rings (SSSR count). The highest BCUT2D eigenvalue weighted by Crippen LogP contribution is 2.56. The van der Waals surface area contributed by atoms with Gasteiger partial charge in [-0.25, -0.2) is 0 Å². The summed E-state index contributed by atoms with van der Waals surface area (Å²) in [5.74, 6) is 0. The number of hydrogen-bond acceptors (Lipinski definition) is 4. The Morgan fingerprint density at radius 3 is 1.60 bits per heavy atom. The molecule has 0 N–H and O–H groups in total. The largest absolute Gasteiger partial charge is 0.310 e. The van der Waals surface area contributed by atoms with Crippen molar-refractivity contribution in [2.24, 2.45) is 0 Å². The van der Waals surface area contributed by atoms with Crippen LogP contribution in [0.5, 0.6) is 0 Å². The van der Waals surface area contributed by atoms with E-state index in [9.17, 15) is 0 Å². The van der Waals surface area contributed by atoms with Crippen LogP contribution in [0.3, 0.4) is 0 Å². The molecule has 0 saturated heterocycles. The molecule has 410 valence electrons. The van der Waals surface area contributed by atoms with Crippen LogP contribution in [0.1, 0.15) is 115 Å². The number of hydrogen-bond donors (Lipinski definition) is 0. The minimum absolute atomic E-state index is 0.00486. The summed E-state index contributed by atoms with van der Waals surface area (Å²) in [6.45, 7) is 30.1. The highest BCUT2D eigenvalue weighted by molar-refractivity contribution is 14.1. The van der Waals surface area contributed by atoms with Crippen molar-refractivity contribution in [1.82, 2.24) is 0 Å². The van der Waals surface area contributed by atoms with Gasteiger partial charge in [0.05, 0.1) is 31.3 Å². The predicted octanol–water partition coefficient (Wildman–Crippen LogP) is 23.6. The van der Waals surface area contributed by atoms with Crippen LogP contribution in [0.15, 0.2) is 212 Å². The van der Waals surface area contributed by atoms with E-state index in [0.717, 1.165) is 51.1 Å². The molecule has 1 aromatic heterocycles. The molecule has 5 heteroatoms. The normalized spacial score (nSPS) is 13.1. The third-order valence-electron chi connectivity index (χ3n) is 17.2. The van der Waals surface area contributed by atoms with Crippen molar-refractivity contribution in [2.45, 2.75) is 112 Å². The Balaban J connectivity index is 1.12. The number of nitrogens with zero attached hydrogens (tertiary/aromatic N) is 3. The Morgan fingerprint density at radius 2 is 0.939 bits per heavy atom. The van der Waals surface area contributed by atoms with Gasteiger partial charge >= 0.3 is 0 Å². The quantitative estimate of drug-likeness (QED) is 0.126. The lowest BCUT2D eigenvalue weighted by Crippen LogP contribution is -2.19. The minimum atomic E-state index is -0.102. The summed E-state index contributed by atoms with van der Waals surface area (Å²) < 4.78 is 2.55. The van der Waals surface area contributed by atoms with Crippen molar-refractivity contribution in [3.63, 3.8) is 0 Å². The van der Waals surface area contributed by atoms with Crippen molar-refractivity contribution in [3.05, 3.63) is 254 Å². The third kappa shape index (κ3) is 9.91. The zero-order chi connectivity index (χ0) is 57.6. The van der Waals surface area contributed by atoms with E-state index in [-0.39, 0.29) is 21.7 Å². The van der Waals surface area contributed by atoms with Crippen molar-refractivity contribution in [3.8, 4) is 22.3 Å². The van der Waals surface area contributed by atoms with Crippen LogP contribution in [0.25, 0.3) is 43.1 Å². The first-order valence-electron chi connectivity index (χ1n) is 28.9. The predicted molar refractivity (Wildman–Crippen MR) is 365 cm³/mol. The number of rotatable bonds is 10. The first kappa shape index (κ1) is 55.1. The second kappa shape index (κ2) is 20.8. The molecule has 1 aliphatic carbocycles. The summed E-state index contributed by atoms with van der Waals surface area (Å²) in [7, 11) is 0. The molecule has 0 aliphatic heterocycles. The molecule has 0 bridgehead atoms. The molecular weight excluding hydrogens is 1130 g/mol. The maximum absolute atomic E-state index is 2.63. The molecule has 0 amide bonds. The number of aryl methyl sites for hydroxylation is 1. The van der Waals surface area contributed by atoms with Crippen LogP contribution in [-0.4, -0.2) is 0 Å². The van der Waals surface area contributed by atoms with E-state index in [4.69, 9.17) is 0 Å². The van der Waals surface area contributed by atoms with Crippen LogP contribution < -0.4 is 14.7 Å². The average molecular weight is 1200 g/mol. The fourth-order valence-corrected chi connectivity index (χ4v) is 14.5. The van der Waals surface area contributed by atoms with Gasteiger partial charge in [0.25, 0.3) is 0 Å². The van der Waals surface area contributed by atoms with E-state index in [1.807, 2.05) is 11.3 Å². The van der Waals surface area contributed by atoms with Gasteiger partial charge in [-0.15, -0.1) is 11.3 Å². The van der Waals surface area contributed by atoms with E-state index >= 15 is 0 Å². The number of halogens is 1. The monoisotopic (exact) mass is 1200 g/mol. The molecule has 0 unspecified atom stereocenters. The standard InChI is InChI=1S/C77H74IN3S/c1-49-30-37-60(79(57-39-32-54(33-40-57)74(3,4)5)59-38-31-51-22-17-18-25-53(51)44-59)46-70(49)81(69-43-36-56(76(9,10)11)45-62(69)52-23-15-14-16-24-52)68-29-21-28-67(50(68)2)80(58-41-34-55(35-42-58)75(6,7)8)72-64-47-63-61-26-19-20-27-65(61)77(12,13)66(63)48-71(64)82-73(72)78/h14-48H,1-13H3. The van der Waals surface area contributed by atoms with Crippen molar-refractivity contribution < 1.29 is 0 Å². The topological polar surface area (TPSA) is 9.72 Å². The lowest BCUT2D eigenvalue weighted by atomic mass is 9.82. The molecule has 10 aromatic carbocycles. The van der Waals surface area contributed by atoms with Crippen LogP contribution in [0.4, 0.5) is 51.2 Å². The maximum atomic E-state index is 2.63. The van der Waals surface area contributed by atoms with Crippen LogP contribution in [0.2, 0.25) is 0 Å². The first-order chi connectivity index (χ1) is 39.1. The lowest BCUT2D eigenvalue weighted by Gasteiger charge is -2.35. The van der Waals surface area contributed by atoms with Gasteiger partial charge in [-0.05, 0) is 204 Å². The van der Waals surface area contributed by atoms with Crippen molar-refractivity contribution >= 4 is 106 Å². The molecule has 0 saturated carbocycles. The molecule has 3 nitrogen and oxygen atoms in total. The zero-order valence-corrected chi connectivity index (χ0v) is 52.8. The second-order valence-electron chi connectivity index (χ2n) is 26.2. The highest BCUT2D eigenvalue weighted by Gasteiger charge is 2.37. The summed E-state index contributed by atoms with van der Waals surface area (Å²) in [5.41, 5.74) is 23.9. The lowest BCUT2D eigenvalue weighted by molar-refractivity contribution is 0.590. The summed E-state index contributed by atoms with van der Waals surface area (Å²) in [5, 5.41) is 3.68. The highest BCUT2D eigenvalue weighted by atomic mass is 127. The SMILES string of the molecule is Cc1ccc(N(c2ccc(C(C)(C)C)cc2)c2ccc3ccccc3c2)cc1N(c1ccc(C(C)(C)C)cc1-c1ccccc1)c1cccc(N(c2ccc(C(C)(C)C)cc2)c2c(I)sc3cc4c(cc23)-c2ccccc2C4(C)C)c1C. The molecule has 1 heterocycles. The Labute approximate surface area is 505 Å². The summed E-state index contributed by atoms with van der Waals surface area (Å²) in [6, 6.07) is 80.3. The van der Waals surface area contributed by atoms with Crippen molar-refractivity contribution in [2.75, 3.05) is 14.7 Å². The molecule has 0 spiro atoms. The average Bonchev–Trinajstić information content (AvgIpc) is 2.80. The number of anilines is 9. The zero-order valence-electron chi connectivity index (χ0n) is 49.8. The minimum Gasteiger partial charge on any atom is -0.310 e. The van der Waals surface area contributed by atoms with Gasteiger partial charge in [-0.2, -0.15) is 0 Å². The molecule has 0 fully saturated rings. The molecule has 11 aromatic rings. The van der Waals surface area contributed by atoms with Crippen molar-refractivity contribution in [1.29, 1.82) is 0 Å². The van der Waals surface area contributed by atoms with Gasteiger partial charge in [0, 0.05) is 43.8 Å². The second-order valence-corrected chi connectivity index (χ2v) is 29.0. The Kier molecular flexibility index (Phi) is 14.0. The third-order valence-corrected chi connectivity index (χ3v) is 19.3. The van der Waals surface area contributed by atoms with E-state index < -0.39 is 0 Å². The summed E-state index contributed by atoms with van der Waals surface area (Å²) >= 11 is 4.53. The van der Waals surface area contributed by atoms with E-state index in [0.29, 0.717) is 0 Å². The maximum Gasteiger partial charge on any atom is 0.0906 e. The van der Waals surface area contributed by atoms with Crippen LogP contribution >= 0.6 is 33.9 Å². The number of thiophene rings is 1. The Morgan fingerprint density at radius 1 is 0.390 bits per heavy atom. The van der Waals surface area contributed by atoms with Gasteiger partial charge < -0.3 is 14.7 Å². The van der Waals surface area contributed by atoms with Gasteiger partial charge in [-0.3, -0.25) is 0 Å². The van der Waals surface area contributed by atoms with E-state index in [2.05, 4.69) is 340 Å². The fourth-order valence-electron chi connectivity index (χ4n) is 12.3. The number of fused-ring (bicyclic) bond motifs is 5. The number of benzene rings is 10. The van der Waals surface area contributed by atoms with Crippen LogP contribution in [-0.2, 0) is 21.7 Å². The van der Waals surface area contributed by atoms with E-state index in [1.54, 1.807) is 0 Å². The van der Waals surface area contributed by atoms with Gasteiger partial charge in [-0.1, -0.05) is 204 Å². The molecule has 1 aliphatic rings. The smallest absolute Gasteiger partial charge is 0.0906 e. The molecule has 0 radical (unpaired) electrons. The van der Waals surface area contributed by atoms with E-state index in [1.165, 1.54) is 85.1 Å². The molecule has 0 atom stereocenters. The van der Waals surface area contributed by atoms with Crippen LogP contribution in [0, 0.1) is 16.7 Å². The van der Waals surface area contributed by atoms with Gasteiger partial charge in [0.1, 0.15) is 0 Å². The Hall–Kier alpha value is -7.45. The van der Waals surface area contributed by atoms with Gasteiger partial charge in [0.15, 0.2) is 0 Å². The first-order valence-corrected chi connectivity index (χ1v) is 30.8.